The Hall–Kier alpha value is -1.85. The second-order valence-corrected chi connectivity index (χ2v) is 6.78. The number of amides is 2. The van der Waals surface area contributed by atoms with E-state index >= 15 is 0 Å². The highest BCUT2D eigenvalue weighted by Gasteiger charge is 2.27. The number of nitrogens with zero attached hydrogens (tertiary/aromatic N) is 3. The van der Waals surface area contributed by atoms with Gasteiger partial charge in [-0.1, -0.05) is 23.7 Å². The molecule has 0 saturated carbocycles. The van der Waals surface area contributed by atoms with Gasteiger partial charge in [-0.3, -0.25) is 0 Å². The van der Waals surface area contributed by atoms with Gasteiger partial charge >= 0.3 is 6.03 Å². The van der Waals surface area contributed by atoms with Gasteiger partial charge in [0, 0.05) is 32.0 Å². The van der Waals surface area contributed by atoms with Gasteiger partial charge in [-0.15, -0.1) is 0 Å². The van der Waals surface area contributed by atoms with Crippen LogP contribution in [-0.2, 0) is 6.42 Å². The fourth-order valence-corrected chi connectivity index (χ4v) is 3.52. The summed E-state index contributed by atoms with van der Waals surface area (Å²) in [7, 11) is 0. The summed E-state index contributed by atoms with van der Waals surface area (Å²) in [5, 5.41) is 7.15. The molecule has 24 heavy (non-hydrogen) atoms. The lowest BCUT2D eigenvalue weighted by molar-refractivity contribution is 0.178. The molecule has 0 spiro atoms. The highest BCUT2D eigenvalue weighted by Crippen LogP contribution is 2.25. The Bertz CT molecular complexity index is 581. The molecule has 6 nitrogen and oxygen atoms in total. The van der Waals surface area contributed by atoms with Crippen LogP contribution in [0.5, 0.6) is 0 Å². The highest BCUT2D eigenvalue weighted by molar-refractivity contribution is 5.74. The van der Waals surface area contributed by atoms with E-state index in [9.17, 15) is 4.79 Å². The Morgan fingerprint density at radius 1 is 1.42 bits per heavy atom. The molecule has 2 amide bonds. The van der Waals surface area contributed by atoms with E-state index in [1.165, 1.54) is 31.3 Å². The number of aromatic nitrogens is 2. The number of carbonyl (C=O) groups excluding carboxylic acids is 1. The van der Waals surface area contributed by atoms with Crippen molar-refractivity contribution in [1.29, 1.82) is 0 Å². The van der Waals surface area contributed by atoms with Gasteiger partial charge in [-0.2, -0.15) is 4.98 Å². The van der Waals surface area contributed by atoms with Crippen molar-refractivity contribution in [2.45, 2.75) is 64.2 Å². The third-order valence-corrected chi connectivity index (χ3v) is 4.97. The molecule has 1 fully saturated rings. The first-order chi connectivity index (χ1) is 11.8. The molecule has 132 valence electrons. The van der Waals surface area contributed by atoms with Crippen LogP contribution in [-0.4, -0.2) is 40.7 Å². The smallest absolute Gasteiger partial charge is 0.317 e. The summed E-state index contributed by atoms with van der Waals surface area (Å²) < 4.78 is 5.21. The number of hydrogen-bond acceptors (Lipinski definition) is 4. The fraction of sp³-hybridized carbons (Fsp3) is 0.722. The summed E-state index contributed by atoms with van der Waals surface area (Å²) in [6.07, 6.45) is 11.1. The number of rotatable bonds is 5. The first-order valence-corrected chi connectivity index (χ1v) is 9.29. The van der Waals surface area contributed by atoms with Crippen molar-refractivity contribution in [3.8, 4) is 0 Å². The second-order valence-electron chi connectivity index (χ2n) is 6.78. The zero-order valence-corrected chi connectivity index (χ0v) is 14.6. The SMILES string of the molecule is CCc1nc(C2CCCN(C(=O)NCCC3=CCCCC3)C2)no1. The normalized spacial score (nSPS) is 21.5. The van der Waals surface area contributed by atoms with Gasteiger partial charge in [0.1, 0.15) is 0 Å². The number of nitrogens with one attached hydrogen (secondary N) is 1. The molecule has 1 aliphatic heterocycles. The first-order valence-electron chi connectivity index (χ1n) is 9.29. The van der Waals surface area contributed by atoms with Crippen LogP contribution in [0.25, 0.3) is 0 Å². The fourth-order valence-electron chi connectivity index (χ4n) is 3.52. The van der Waals surface area contributed by atoms with E-state index in [2.05, 4.69) is 21.5 Å². The van der Waals surface area contributed by atoms with Gasteiger partial charge in [0.15, 0.2) is 5.82 Å². The molecule has 0 radical (unpaired) electrons. The van der Waals surface area contributed by atoms with E-state index in [-0.39, 0.29) is 11.9 Å². The standard InChI is InChI=1S/C18H28N4O2/c1-2-16-20-17(21-24-16)15-9-6-12-22(13-15)18(23)19-11-10-14-7-4-3-5-8-14/h7,15H,2-6,8-13H2,1H3,(H,19,23). The van der Waals surface area contributed by atoms with Gasteiger partial charge in [0.05, 0.1) is 0 Å². The van der Waals surface area contributed by atoms with E-state index < -0.39 is 0 Å². The van der Waals surface area contributed by atoms with Crippen LogP contribution in [0, 0.1) is 0 Å². The zero-order valence-electron chi connectivity index (χ0n) is 14.6. The maximum Gasteiger partial charge on any atom is 0.317 e. The van der Waals surface area contributed by atoms with Gasteiger partial charge < -0.3 is 14.7 Å². The van der Waals surface area contributed by atoms with Crippen molar-refractivity contribution in [1.82, 2.24) is 20.4 Å². The van der Waals surface area contributed by atoms with Gasteiger partial charge in [0.2, 0.25) is 5.89 Å². The Morgan fingerprint density at radius 3 is 3.08 bits per heavy atom. The van der Waals surface area contributed by atoms with Crippen molar-refractivity contribution in [3.63, 3.8) is 0 Å². The quantitative estimate of drug-likeness (QED) is 0.839. The molecule has 1 unspecified atom stereocenters. The molecule has 6 heteroatoms. The Morgan fingerprint density at radius 2 is 2.33 bits per heavy atom. The van der Waals surface area contributed by atoms with Crippen LogP contribution < -0.4 is 5.32 Å². The Kier molecular flexibility index (Phi) is 5.88. The van der Waals surface area contributed by atoms with E-state index in [0.29, 0.717) is 12.4 Å². The van der Waals surface area contributed by atoms with Crippen LogP contribution >= 0.6 is 0 Å². The van der Waals surface area contributed by atoms with Crippen LogP contribution in [0.4, 0.5) is 4.79 Å². The number of carbonyl (C=O) groups is 1. The molecule has 1 aromatic heterocycles. The molecule has 2 heterocycles. The second kappa shape index (κ2) is 8.31. The maximum absolute atomic E-state index is 12.4. The number of likely N-dealkylation sites (tertiary alicyclic amines) is 1. The van der Waals surface area contributed by atoms with Crippen molar-refractivity contribution in [2.24, 2.45) is 0 Å². The number of allylic oxidation sites excluding steroid dienone is 1. The van der Waals surface area contributed by atoms with Crippen LogP contribution in [0.2, 0.25) is 0 Å². The van der Waals surface area contributed by atoms with Gasteiger partial charge in [-0.05, 0) is 44.9 Å². The minimum absolute atomic E-state index is 0.0373. The van der Waals surface area contributed by atoms with Crippen molar-refractivity contribution >= 4 is 6.03 Å². The molecule has 0 bridgehead atoms. The average Bonchev–Trinajstić information content (AvgIpc) is 3.12. The van der Waals surface area contributed by atoms with Gasteiger partial charge in [-0.25, -0.2) is 4.79 Å². The van der Waals surface area contributed by atoms with Gasteiger partial charge in [0.25, 0.3) is 0 Å². The Balaban J connectivity index is 1.46. The lowest BCUT2D eigenvalue weighted by Gasteiger charge is -2.31. The molecule has 1 atom stereocenters. The largest absolute Gasteiger partial charge is 0.339 e. The zero-order chi connectivity index (χ0) is 16.8. The molecule has 1 aromatic rings. The van der Waals surface area contributed by atoms with E-state index in [1.54, 1.807) is 0 Å². The summed E-state index contributed by atoms with van der Waals surface area (Å²) in [5.74, 6) is 1.61. The molecular formula is C18H28N4O2. The van der Waals surface area contributed by atoms with E-state index in [0.717, 1.165) is 44.6 Å². The number of aryl methyl sites for hydroxylation is 1. The molecule has 2 aliphatic rings. The highest BCUT2D eigenvalue weighted by atomic mass is 16.5. The third kappa shape index (κ3) is 4.36. The first kappa shape index (κ1) is 17.0. The third-order valence-electron chi connectivity index (χ3n) is 4.97. The summed E-state index contributed by atoms with van der Waals surface area (Å²) in [4.78, 5) is 18.7. The monoisotopic (exact) mass is 332 g/mol. The molecule has 3 rings (SSSR count). The van der Waals surface area contributed by atoms with Crippen LogP contribution in [0.1, 0.15) is 69.5 Å². The van der Waals surface area contributed by atoms with Crippen LogP contribution in [0.15, 0.2) is 16.2 Å². The number of piperidine rings is 1. The summed E-state index contributed by atoms with van der Waals surface area (Å²) in [5.41, 5.74) is 1.50. The lowest BCUT2D eigenvalue weighted by Crippen LogP contribution is -2.45. The summed E-state index contributed by atoms with van der Waals surface area (Å²) in [6, 6.07) is 0.0373. The predicted molar refractivity (Wildman–Crippen MR) is 91.8 cm³/mol. The van der Waals surface area contributed by atoms with Crippen LogP contribution in [0.3, 0.4) is 0 Å². The summed E-state index contributed by atoms with van der Waals surface area (Å²) >= 11 is 0. The predicted octanol–water partition coefficient (Wildman–Crippen LogP) is 3.41. The molecule has 1 aliphatic carbocycles. The van der Waals surface area contributed by atoms with Crippen molar-refractivity contribution in [2.75, 3.05) is 19.6 Å². The summed E-state index contributed by atoms with van der Waals surface area (Å²) in [6.45, 7) is 4.22. The minimum atomic E-state index is 0.0373. The number of urea groups is 1. The van der Waals surface area contributed by atoms with E-state index in [4.69, 9.17) is 4.52 Å². The molecular weight excluding hydrogens is 304 g/mol. The van der Waals surface area contributed by atoms with Crippen molar-refractivity contribution in [3.05, 3.63) is 23.4 Å². The molecule has 1 saturated heterocycles. The minimum Gasteiger partial charge on any atom is -0.339 e. The lowest BCUT2D eigenvalue weighted by atomic mass is 9.97. The number of hydrogen-bond donors (Lipinski definition) is 1. The molecule has 1 N–H and O–H groups in total. The topological polar surface area (TPSA) is 71.3 Å². The maximum atomic E-state index is 12.4. The van der Waals surface area contributed by atoms with E-state index in [1.807, 2.05) is 11.8 Å². The average molecular weight is 332 g/mol. The van der Waals surface area contributed by atoms with Crippen molar-refractivity contribution < 1.29 is 9.32 Å². The Labute approximate surface area is 143 Å². The molecule has 0 aromatic carbocycles.